The summed E-state index contributed by atoms with van der Waals surface area (Å²) in [5.41, 5.74) is 0.994. The van der Waals surface area contributed by atoms with Crippen molar-refractivity contribution in [3.63, 3.8) is 0 Å². The number of hydrogen-bond donors (Lipinski definition) is 0. The molecule has 0 amide bonds. The Hall–Kier alpha value is -2.37. The minimum absolute atomic E-state index is 0.141. The number of benzene rings is 2. The average Bonchev–Trinajstić information content (AvgIpc) is 3.02. The second kappa shape index (κ2) is 6.81. The molecule has 0 fully saturated rings. The molecule has 0 radical (unpaired) electrons. The fourth-order valence-electron chi connectivity index (χ4n) is 1.89. The van der Waals surface area contributed by atoms with Crippen molar-refractivity contribution in [2.45, 2.75) is 6.61 Å². The number of ether oxygens (including phenoxy) is 1. The van der Waals surface area contributed by atoms with E-state index in [1.165, 1.54) is 0 Å². The number of esters is 1. The minimum atomic E-state index is -0.557. The van der Waals surface area contributed by atoms with E-state index in [0.29, 0.717) is 21.4 Å². The van der Waals surface area contributed by atoms with Crippen LogP contribution < -0.4 is 0 Å². The molecule has 0 aliphatic carbocycles. The molecule has 1 aromatic heterocycles. The van der Waals surface area contributed by atoms with Gasteiger partial charge in [-0.2, -0.15) is 4.98 Å². The van der Waals surface area contributed by atoms with Crippen LogP contribution in [0.2, 0.25) is 10.0 Å². The molecule has 0 saturated heterocycles. The molecule has 2 aromatic carbocycles. The molecule has 0 N–H and O–H groups in total. The first-order chi connectivity index (χ1) is 11.1. The highest BCUT2D eigenvalue weighted by atomic mass is 35.5. The van der Waals surface area contributed by atoms with Gasteiger partial charge in [-0.1, -0.05) is 52.6 Å². The van der Waals surface area contributed by atoms with E-state index in [2.05, 4.69) is 10.1 Å². The van der Waals surface area contributed by atoms with Crippen LogP contribution in [0.1, 0.15) is 16.2 Å². The van der Waals surface area contributed by atoms with Gasteiger partial charge in [0.15, 0.2) is 6.61 Å². The molecule has 0 saturated carbocycles. The third-order valence-corrected chi connectivity index (χ3v) is 3.54. The van der Waals surface area contributed by atoms with Crippen molar-refractivity contribution in [1.29, 1.82) is 0 Å². The molecule has 0 unspecified atom stereocenters. The molecule has 0 bridgehead atoms. The fourth-order valence-corrected chi connectivity index (χ4v) is 2.29. The van der Waals surface area contributed by atoms with E-state index in [1.54, 1.807) is 48.5 Å². The van der Waals surface area contributed by atoms with Crippen molar-refractivity contribution in [2.75, 3.05) is 0 Å². The molecule has 0 aliphatic rings. The highest BCUT2D eigenvalue weighted by molar-refractivity contribution is 6.33. The van der Waals surface area contributed by atoms with Crippen molar-refractivity contribution in [2.24, 2.45) is 0 Å². The molecule has 1 heterocycles. The Balaban J connectivity index is 1.68. The van der Waals surface area contributed by atoms with Crippen LogP contribution in [0, 0.1) is 0 Å². The molecule has 3 rings (SSSR count). The standard InChI is InChI=1S/C16H10Cl2N2O3/c17-11-5-3-4-10(8-11)15-19-14(23-20-15)9-22-16(21)12-6-1-2-7-13(12)18/h1-8H,9H2. The molecule has 0 spiro atoms. The first kappa shape index (κ1) is 15.5. The predicted octanol–water partition coefficient (Wildman–Crippen LogP) is 4.40. The van der Waals surface area contributed by atoms with Crippen LogP contribution in [0.3, 0.4) is 0 Å². The Bertz CT molecular complexity index is 849. The summed E-state index contributed by atoms with van der Waals surface area (Å²) in [5, 5.41) is 4.72. The number of carbonyl (C=O) groups excluding carboxylic acids is 1. The van der Waals surface area contributed by atoms with Gasteiger partial charge in [-0.3, -0.25) is 0 Å². The van der Waals surface area contributed by atoms with Crippen LogP contribution in [-0.2, 0) is 11.3 Å². The van der Waals surface area contributed by atoms with E-state index in [9.17, 15) is 4.79 Å². The number of rotatable bonds is 4. The van der Waals surface area contributed by atoms with Crippen LogP contribution in [-0.4, -0.2) is 16.1 Å². The summed E-state index contributed by atoms with van der Waals surface area (Å²) in [6.07, 6.45) is 0. The van der Waals surface area contributed by atoms with Crippen molar-refractivity contribution in [1.82, 2.24) is 10.1 Å². The summed E-state index contributed by atoms with van der Waals surface area (Å²) in [6.45, 7) is -0.141. The van der Waals surface area contributed by atoms with E-state index in [1.807, 2.05) is 0 Å². The van der Waals surface area contributed by atoms with Gasteiger partial charge in [-0.25, -0.2) is 4.79 Å². The largest absolute Gasteiger partial charge is 0.452 e. The second-order valence-corrected chi connectivity index (χ2v) is 5.42. The highest BCUT2D eigenvalue weighted by Crippen LogP contribution is 2.20. The van der Waals surface area contributed by atoms with Gasteiger partial charge in [0.2, 0.25) is 5.82 Å². The number of halogens is 2. The van der Waals surface area contributed by atoms with Gasteiger partial charge in [-0.05, 0) is 24.3 Å². The van der Waals surface area contributed by atoms with Crippen LogP contribution in [0.25, 0.3) is 11.4 Å². The molecule has 0 atom stereocenters. The topological polar surface area (TPSA) is 65.2 Å². The second-order valence-electron chi connectivity index (χ2n) is 4.58. The first-order valence-electron chi connectivity index (χ1n) is 6.63. The lowest BCUT2D eigenvalue weighted by Crippen LogP contribution is -2.06. The third kappa shape index (κ3) is 3.70. The van der Waals surface area contributed by atoms with Crippen LogP contribution in [0.4, 0.5) is 0 Å². The Morgan fingerprint density at radius 3 is 2.74 bits per heavy atom. The highest BCUT2D eigenvalue weighted by Gasteiger charge is 2.14. The van der Waals surface area contributed by atoms with Gasteiger partial charge in [0.25, 0.3) is 5.89 Å². The number of aromatic nitrogens is 2. The summed E-state index contributed by atoms with van der Waals surface area (Å²) in [7, 11) is 0. The van der Waals surface area contributed by atoms with E-state index in [-0.39, 0.29) is 18.1 Å². The first-order valence-corrected chi connectivity index (χ1v) is 7.39. The fraction of sp³-hybridized carbons (Fsp3) is 0.0625. The maximum Gasteiger partial charge on any atom is 0.340 e. The Kier molecular flexibility index (Phi) is 4.60. The lowest BCUT2D eigenvalue weighted by molar-refractivity contribution is 0.0430. The van der Waals surface area contributed by atoms with Gasteiger partial charge >= 0.3 is 5.97 Å². The monoisotopic (exact) mass is 348 g/mol. The van der Waals surface area contributed by atoms with Crippen molar-refractivity contribution in [3.8, 4) is 11.4 Å². The quantitative estimate of drug-likeness (QED) is 0.653. The van der Waals surface area contributed by atoms with Gasteiger partial charge in [0, 0.05) is 10.6 Å². The van der Waals surface area contributed by atoms with Gasteiger partial charge in [0.05, 0.1) is 10.6 Å². The maximum atomic E-state index is 11.9. The number of nitrogens with zero attached hydrogens (tertiary/aromatic N) is 2. The lowest BCUT2D eigenvalue weighted by atomic mass is 10.2. The molecule has 116 valence electrons. The Morgan fingerprint density at radius 2 is 1.96 bits per heavy atom. The Morgan fingerprint density at radius 1 is 1.13 bits per heavy atom. The van der Waals surface area contributed by atoms with E-state index < -0.39 is 5.97 Å². The van der Waals surface area contributed by atoms with E-state index >= 15 is 0 Å². The molecule has 7 heteroatoms. The van der Waals surface area contributed by atoms with E-state index in [4.69, 9.17) is 32.5 Å². The van der Waals surface area contributed by atoms with Crippen LogP contribution in [0.5, 0.6) is 0 Å². The summed E-state index contributed by atoms with van der Waals surface area (Å²) in [4.78, 5) is 16.1. The zero-order valence-electron chi connectivity index (χ0n) is 11.7. The van der Waals surface area contributed by atoms with Crippen molar-refractivity contribution in [3.05, 3.63) is 70.0 Å². The summed E-state index contributed by atoms with van der Waals surface area (Å²) in [5.74, 6) is -0.00484. The average molecular weight is 349 g/mol. The Labute approximate surface area is 141 Å². The summed E-state index contributed by atoms with van der Waals surface area (Å²) >= 11 is 11.9. The summed E-state index contributed by atoms with van der Waals surface area (Å²) in [6, 6.07) is 13.7. The van der Waals surface area contributed by atoms with Crippen molar-refractivity contribution < 1.29 is 14.1 Å². The van der Waals surface area contributed by atoms with Crippen LogP contribution in [0.15, 0.2) is 53.1 Å². The molecular weight excluding hydrogens is 339 g/mol. The zero-order chi connectivity index (χ0) is 16.2. The van der Waals surface area contributed by atoms with E-state index in [0.717, 1.165) is 0 Å². The molecule has 3 aromatic rings. The smallest absolute Gasteiger partial charge is 0.340 e. The van der Waals surface area contributed by atoms with Gasteiger partial charge in [-0.15, -0.1) is 0 Å². The third-order valence-electron chi connectivity index (χ3n) is 2.97. The number of carbonyl (C=O) groups is 1. The maximum absolute atomic E-state index is 11.9. The molecule has 23 heavy (non-hydrogen) atoms. The summed E-state index contributed by atoms with van der Waals surface area (Å²) < 4.78 is 10.2. The molecular formula is C16H10Cl2N2O3. The van der Waals surface area contributed by atoms with Crippen molar-refractivity contribution >= 4 is 29.2 Å². The molecule has 0 aliphatic heterocycles. The van der Waals surface area contributed by atoms with Crippen LogP contribution >= 0.6 is 23.2 Å². The van der Waals surface area contributed by atoms with Gasteiger partial charge in [0.1, 0.15) is 0 Å². The normalized spacial score (nSPS) is 10.5. The zero-order valence-corrected chi connectivity index (χ0v) is 13.2. The number of hydrogen-bond acceptors (Lipinski definition) is 5. The van der Waals surface area contributed by atoms with Gasteiger partial charge < -0.3 is 9.26 Å². The molecule has 5 nitrogen and oxygen atoms in total. The predicted molar refractivity (Wildman–Crippen MR) is 85.3 cm³/mol. The minimum Gasteiger partial charge on any atom is -0.452 e. The SMILES string of the molecule is O=C(OCc1nc(-c2cccc(Cl)c2)no1)c1ccccc1Cl. The lowest BCUT2D eigenvalue weighted by Gasteiger charge is -2.03.